The van der Waals surface area contributed by atoms with Gasteiger partial charge < -0.3 is 20.5 Å². The molecule has 0 fully saturated rings. The summed E-state index contributed by atoms with van der Waals surface area (Å²) in [7, 11) is 4.02. The molecule has 0 saturated heterocycles. The monoisotopic (exact) mass is 252 g/mol. The van der Waals surface area contributed by atoms with Crippen molar-refractivity contribution in [2.45, 2.75) is 13.0 Å². The van der Waals surface area contributed by atoms with E-state index in [2.05, 4.69) is 4.90 Å². The predicted octanol–water partition coefficient (Wildman–Crippen LogP) is 1.44. The third-order valence-corrected chi connectivity index (χ3v) is 2.54. The molecule has 1 aromatic rings. The van der Waals surface area contributed by atoms with Crippen LogP contribution in [-0.4, -0.2) is 43.2 Å². The van der Waals surface area contributed by atoms with E-state index in [1.165, 1.54) is 6.07 Å². The fraction of sp³-hybridized carbons (Fsp3) is 0.462. The maximum Gasteiger partial charge on any atom is 0.335 e. The summed E-state index contributed by atoms with van der Waals surface area (Å²) in [6.07, 6.45) is 0.936. The molecule has 0 aliphatic carbocycles. The molecule has 0 heterocycles. The number of rotatable bonds is 7. The van der Waals surface area contributed by atoms with Crippen LogP contribution in [-0.2, 0) is 11.3 Å². The Morgan fingerprint density at radius 1 is 1.44 bits per heavy atom. The highest BCUT2D eigenvalue weighted by Gasteiger charge is 2.06. The summed E-state index contributed by atoms with van der Waals surface area (Å²) in [6.45, 7) is 1.94. The summed E-state index contributed by atoms with van der Waals surface area (Å²) in [5, 5.41) is 8.88. The first-order valence-corrected chi connectivity index (χ1v) is 5.85. The molecule has 5 heteroatoms. The first kappa shape index (κ1) is 14.5. The normalized spacial score (nSPS) is 10.8. The van der Waals surface area contributed by atoms with Crippen LogP contribution in [0.5, 0.6) is 0 Å². The Hall–Kier alpha value is -1.59. The molecular formula is C13H20N2O3. The van der Waals surface area contributed by atoms with Crippen molar-refractivity contribution in [3.8, 4) is 0 Å². The molecule has 0 bridgehead atoms. The Kier molecular flexibility index (Phi) is 5.61. The van der Waals surface area contributed by atoms with Gasteiger partial charge in [0.25, 0.3) is 0 Å². The standard InChI is InChI=1S/C13H20N2O3/c1-15(2)6-3-7-18-9-11-8-10(13(16)17)4-5-12(11)14/h4-5,8H,3,6-7,9,14H2,1-2H3,(H,16,17). The van der Waals surface area contributed by atoms with Gasteiger partial charge in [-0.15, -0.1) is 0 Å². The maximum atomic E-state index is 10.8. The highest BCUT2D eigenvalue weighted by atomic mass is 16.5. The largest absolute Gasteiger partial charge is 0.478 e. The number of carbonyl (C=O) groups is 1. The van der Waals surface area contributed by atoms with Crippen molar-refractivity contribution in [3.63, 3.8) is 0 Å². The van der Waals surface area contributed by atoms with Crippen LogP contribution < -0.4 is 5.73 Å². The Morgan fingerprint density at radius 3 is 2.78 bits per heavy atom. The van der Waals surface area contributed by atoms with Gasteiger partial charge in [-0.2, -0.15) is 0 Å². The van der Waals surface area contributed by atoms with E-state index in [0.717, 1.165) is 18.5 Å². The molecule has 0 spiro atoms. The van der Waals surface area contributed by atoms with Crippen LogP contribution in [0.1, 0.15) is 22.3 Å². The van der Waals surface area contributed by atoms with Gasteiger partial charge in [0.1, 0.15) is 0 Å². The van der Waals surface area contributed by atoms with Crippen molar-refractivity contribution in [1.82, 2.24) is 4.90 Å². The zero-order chi connectivity index (χ0) is 13.5. The fourth-order valence-electron chi connectivity index (χ4n) is 1.53. The highest BCUT2D eigenvalue weighted by molar-refractivity contribution is 5.88. The average Bonchev–Trinajstić information content (AvgIpc) is 2.30. The van der Waals surface area contributed by atoms with Crippen molar-refractivity contribution in [2.75, 3.05) is 33.0 Å². The number of anilines is 1. The Labute approximate surface area is 107 Å². The molecule has 0 aliphatic heterocycles. The summed E-state index contributed by atoms with van der Waals surface area (Å²) in [4.78, 5) is 12.9. The van der Waals surface area contributed by atoms with Gasteiger partial charge in [-0.3, -0.25) is 0 Å². The van der Waals surface area contributed by atoms with E-state index in [-0.39, 0.29) is 5.56 Å². The van der Waals surface area contributed by atoms with Crippen molar-refractivity contribution >= 4 is 11.7 Å². The van der Waals surface area contributed by atoms with Gasteiger partial charge in [0, 0.05) is 17.9 Å². The van der Waals surface area contributed by atoms with E-state index in [1.54, 1.807) is 12.1 Å². The number of nitrogens with zero attached hydrogens (tertiary/aromatic N) is 1. The fourth-order valence-corrected chi connectivity index (χ4v) is 1.53. The topological polar surface area (TPSA) is 75.8 Å². The quantitative estimate of drug-likeness (QED) is 0.567. The lowest BCUT2D eigenvalue weighted by molar-refractivity contribution is 0.0696. The summed E-state index contributed by atoms with van der Waals surface area (Å²) < 4.78 is 5.49. The average molecular weight is 252 g/mol. The number of hydrogen-bond acceptors (Lipinski definition) is 4. The van der Waals surface area contributed by atoms with Gasteiger partial charge in [0.15, 0.2) is 0 Å². The molecular weight excluding hydrogens is 232 g/mol. The number of nitrogens with two attached hydrogens (primary N) is 1. The molecule has 0 aromatic heterocycles. The van der Waals surface area contributed by atoms with E-state index >= 15 is 0 Å². The zero-order valence-corrected chi connectivity index (χ0v) is 10.8. The smallest absolute Gasteiger partial charge is 0.335 e. The number of aromatic carboxylic acids is 1. The van der Waals surface area contributed by atoms with E-state index < -0.39 is 5.97 Å². The number of carboxylic acid groups (broad SMARTS) is 1. The highest BCUT2D eigenvalue weighted by Crippen LogP contribution is 2.15. The van der Waals surface area contributed by atoms with Crippen LogP contribution >= 0.6 is 0 Å². The molecule has 100 valence electrons. The maximum absolute atomic E-state index is 10.8. The second-order valence-corrected chi connectivity index (χ2v) is 4.43. The summed E-state index contributed by atoms with van der Waals surface area (Å²) in [5.41, 5.74) is 7.29. The van der Waals surface area contributed by atoms with Crippen LogP contribution in [0, 0.1) is 0 Å². The second-order valence-electron chi connectivity index (χ2n) is 4.43. The Bertz CT molecular complexity index is 405. The van der Waals surface area contributed by atoms with Gasteiger partial charge in [-0.05, 0) is 45.3 Å². The number of carboxylic acids is 1. The Morgan fingerprint density at radius 2 is 2.17 bits per heavy atom. The number of ether oxygens (including phenoxy) is 1. The van der Waals surface area contributed by atoms with Gasteiger partial charge in [0.05, 0.1) is 12.2 Å². The molecule has 0 atom stereocenters. The lowest BCUT2D eigenvalue weighted by atomic mass is 10.1. The molecule has 3 N–H and O–H groups in total. The molecule has 0 amide bonds. The van der Waals surface area contributed by atoms with Crippen molar-refractivity contribution < 1.29 is 14.6 Å². The predicted molar refractivity (Wildman–Crippen MR) is 70.6 cm³/mol. The van der Waals surface area contributed by atoms with E-state index in [4.69, 9.17) is 15.6 Å². The van der Waals surface area contributed by atoms with Crippen LogP contribution in [0.2, 0.25) is 0 Å². The first-order chi connectivity index (χ1) is 8.50. The van der Waals surface area contributed by atoms with Crippen LogP contribution in [0.25, 0.3) is 0 Å². The number of nitrogen functional groups attached to an aromatic ring is 1. The third-order valence-electron chi connectivity index (χ3n) is 2.54. The molecule has 0 saturated carbocycles. The molecule has 1 rings (SSSR count). The van der Waals surface area contributed by atoms with E-state index in [0.29, 0.717) is 18.9 Å². The first-order valence-electron chi connectivity index (χ1n) is 5.85. The molecule has 5 nitrogen and oxygen atoms in total. The third kappa shape index (κ3) is 4.73. The van der Waals surface area contributed by atoms with E-state index in [1.807, 2.05) is 14.1 Å². The van der Waals surface area contributed by atoms with Crippen molar-refractivity contribution in [3.05, 3.63) is 29.3 Å². The lowest BCUT2D eigenvalue weighted by Crippen LogP contribution is -2.14. The van der Waals surface area contributed by atoms with Crippen molar-refractivity contribution in [1.29, 1.82) is 0 Å². The van der Waals surface area contributed by atoms with Crippen LogP contribution in [0.3, 0.4) is 0 Å². The zero-order valence-electron chi connectivity index (χ0n) is 10.8. The molecule has 0 aliphatic rings. The van der Waals surface area contributed by atoms with Crippen LogP contribution in [0.4, 0.5) is 5.69 Å². The van der Waals surface area contributed by atoms with Crippen molar-refractivity contribution in [2.24, 2.45) is 0 Å². The minimum atomic E-state index is -0.955. The van der Waals surface area contributed by atoms with Gasteiger partial charge in [-0.25, -0.2) is 4.79 Å². The molecule has 0 radical (unpaired) electrons. The minimum Gasteiger partial charge on any atom is -0.478 e. The molecule has 18 heavy (non-hydrogen) atoms. The number of hydrogen-bond donors (Lipinski definition) is 2. The lowest BCUT2D eigenvalue weighted by Gasteiger charge is -2.10. The van der Waals surface area contributed by atoms with Gasteiger partial charge >= 0.3 is 5.97 Å². The van der Waals surface area contributed by atoms with E-state index in [9.17, 15) is 4.79 Å². The number of benzene rings is 1. The summed E-state index contributed by atoms with van der Waals surface area (Å²) in [5.74, 6) is -0.955. The minimum absolute atomic E-state index is 0.232. The second kappa shape index (κ2) is 6.98. The van der Waals surface area contributed by atoms with Crippen LogP contribution in [0.15, 0.2) is 18.2 Å². The van der Waals surface area contributed by atoms with Gasteiger partial charge in [0.2, 0.25) is 0 Å². The molecule has 1 aromatic carbocycles. The molecule has 0 unspecified atom stereocenters. The SMILES string of the molecule is CN(C)CCCOCc1cc(C(=O)O)ccc1N. The Balaban J connectivity index is 2.46. The summed E-state index contributed by atoms with van der Waals surface area (Å²) in [6, 6.07) is 4.65. The summed E-state index contributed by atoms with van der Waals surface area (Å²) >= 11 is 0. The van der Waals surface area contributed by atoms with Gasteiger partial charge in [-0.1, -0.05) is 0 Å².